The molecule has 0 aromatic carbocycles. The summed E-state index contributed by atoms with van der Waals surface area (Å²) in [5.41, 5.74) is 0. The molecule has 1 nitrogen and oxygen atoms in total. The highest BCUT2D eigenvalue weighted by molar-refractivity contribution is 6.67. The Morgan fingerprint density at radius 1 is 1.24 bits per heavy atom. The summed E-state index contributed by atoms with van der Waals surface area (Å²) in [5.74, 6) is 1.51. The quantitative estimate of drug-likeness (QED) is 0.717. The molecule has 0 heterocycles. The van der Waals surface area contributed by atoms with Gasteiger partial charge in [-0.3, -0.25) is 0 Å². The van der Waals surface area contributed by atoms with E-state index < -0.39 is 3.79 Å². The Balaban J connectivity index is 0.000000172. The molecule has 17 heavy (non-hydrogen) atoms. The zero-order chi connectivity index (χ0) is 13.1. The second kappa shape index (κ2) is 6.17. The highest BCUT2D eigenvalue weighted by Crippen LogP contribution is 2.32. The molecule has 4 heteroatoms. The second-order valence-corrected chi connectivity index (χ2v) is 6.87. The van der Waals surface area contributed by atoms with Crippen LogP contribution in [0.1, 0.15) is 27.2 Å². The zero-order valence-corrected chi connectivity index (χ0v) is 12.5. The Bertz CT molecular complexity index is 449. The normalized spacial score (nSPS) is 11.9. The number of benzene rings is 1. The molecule has 0 unspecified atom stereocenters. The van der Waals surface area contributed by atoms with Crippen molar-refractivity contribution in [3.05, 3.63) is 28.6 Å². The van der Waals surface area contributed by atoms with Crippen molar-refractivity contribution in [1.82, 2.24) is 0 Å². The summed E-state index contributed by atoms with van der Waals surface area (Å²) in [6, 6.07) is 6.25. The summed E-state index contributed by atoms with van der Waals surface area (Å²) in [5, 5.41) is 2.65. The van der Waals surface area contributed by atoms with E-state index in [9.17, 15) is 0 Å². The van der Waals surface area contributed by atoms with E-state index in [4.69, 9.17) is 39.5 Å². The van der Waals surface area contributed by atoms with Crippen LogP contribution < -0.4 is 4.74 Å². The highest BCUT2D eigenvalue weighted by atomic mass is 35.6. The van der Waals surface area contributed by atoms with Crippen molar-refractivity contribution in [1.29, 1.82) is 0 Å². The van der Waals surface area contributed by atoms with Gasteiger partial charge in [-0.2, -0.15) is 0 Å². The molecule has 0 aromatic heterocycles. The number of hydrogen-bond acceptors (Lipinski definition) is 1. The van der Waals surface area contributed by atoms with Crippen LogP contribution in [0, 0.1) is 16.4 Å². The lowest BCUT2D eigenvalue weighted by Crippen LogP contribution is -2.05. The molecule has 0 aromatic rings. The number of hydrogen-bond donors (Lipinski definition) is 0. The van der Waals surface area contributed by atoms with Gasteiger partial charge in [0.25, 0.3) is 0 Å². The molecule has 0 atom stereocenters. The van der Waals surface area contributed by atoms with Crippen molar-refractivity contribution in [2.24, 2.45) is 5.92 Å². The molecular formula is C13H17Cl3O. The maximum Gasteiger partial charge on any atom is 0.190 e. The minimum absolute atomic E-state index is 0.447. The molecule has 0 bridgehead atoms. The molecule has 0 fully saturated rings. The van der Waals surface area contributed by atoms with Crippen molar-refractivity contribution in [2.45, 2.75) is 31.0 Å². The average molecular weight is 296 g/mol. The minimum atomic E-state index is -1.06. The predicted octanol–water partition coefficient (Wildman–Crippen LogP) is 5.09. The molecule has 0 aliphatic heterocycles. The Morgan fingerprint density at radius 2 is 1.88 bits per heavy atom. The van der Waals surface area contributed by atoms with Crippen LogP contribution in [0.3, 0.4) is 0 Å². The number of halogens is 3. The van der Waals surface area contributed by atoms with Gasteiger partial charge in [0.05, 0.1) is 6.61 Å². The first-order chi connectivity index (χ1) is 7.83. The summed E-state index contributed by atoms with van der Waals surface area (Å²) in [4.78, 5) is 0. The molecule has 96 valence electrons. The smallest absolute Gasteiger partial charge is 0.190 e. The van der Waals surface area contributed by atoms with Crippen LogP contribution in [0.2, 0.25) is 0 Å². The van der Waals surface area contributed by atoms with Crippen LogP contribution in [0.25, 0.3) is 0 Å². The topological polar surface area (TPSA) is 9.23 Å². The van der Waals surface area contributed by atoms with E-state index in [0.717, 1.165) is 12.4 Å². The van der Waals surface area contributed by atoms with Crippen LogP contribution >= 0.6 is 34.8 Å². The maximum absolute atomic E-state index is 5.46. The van der Waals surface area contributed by atoms with Gasteiger partial charge in [0.2, 0.25) is 0 Å². The van der Waals surface area contributed by atoms with Crippen molar-refractivity contribution in [3.8, 4) is 5.75 Å². The number of rotatable bonds is 3. The lowest BCUT2D eigenvalue weighted by atomic mass is 10.1. The minimum Gasteiger partial charge on any atom is -0.493 e. The average Bonchev–Trinajstić information content (AvgIpc) is 2.10. The maximum atomic E-state index is 5.46. The van der Waals surface area contributed by atoms with E-state index in [2.05, 4.69) is 18.2 Å². The molecule has 0 spiro atoms. The standard InChI is InChI=1S/C8H8O.C5H9Cl3/c1-2-9-8-5-6-3-4-7(6)8;1-4(2)3-5(6,7)8/h3-5H,2H2,1H3;4H,3H2,1-2H3. The molecule has 2 rings (SSSR count). The first-order valence-corrected chi connectivity index (χ1v) is 6.81. The summed E-state index contributed by atoms with van der Waals surface area (Å²) in [7, 11) is 0. The van der Waals surface area contributed by atoms with Gasteiger partial charge in [0, 0.05) is 5.22 Å². The monoisotopic (exact) mass is 294 g/mol. The largest absolute Gasteiger partial charge is 0.493 e. The van der Waals surface area contributed by atoms with Crippen LogP contribution in [0.5, 0.6) is 5.75 Å². The first kappa shape index (κ1) is 14.9. The Hall–Kier alpha value is -0.110. The first-order valence-electron chi connectivity index (χ1n) is 5.67. The predicted molar refractivity (Wildman–Crippen MR) is 75.0 cm³/mol. The molecule has 2 aliphatic rings. The fourth-order valence-electron chi connectivity index (χ4n) is 1.49. The summed E-state index contributed by atoms with van der Waals surface area (Å²) in [6.07, 6.45) is 0.623. The van der Waals surface area contributed by atoms with E-state index in [-0.39, 0.29) is 0 Å². The van der Waals surface area contributed by atoms with Crippen molar-refractivity contribution < 1.29 is 4.74 Å². The SMILES string of the molecule is CC(C)CC(Cl)(Cl)Cl.CCOc1cc2ccc1=2. The molecule has 0 amide bonds. The van der Waals surface area contributed by atoms with E-state index >= 15 is 0 Å². The van der Waals surface area contributed by atoms with Gasteiger partial charge in [-0.15, -0.1) is 0 Å². The van der Waals surface area contributed by atoms with Gasteiger partial charge in [0.1, 0.15) is 5.75 Å². The van der Waals surface area contributed by atoms with Crippen LogP contribution in [0.15, 0.2) is 18.2 Å². The van der Waals surface area contributed by atoms with E-state index in [1.54, 1.807) is 0 Å². The zero-order valence-electron chi connectivity index (χ0n) is 10.3. The summed E-state index contributed by atoms with van der Waals surface area (Å²) >= 11 is 16.4. The molecule has 0 saturated carbocycles. The summed E-state index contributed by atoms with van der Waals surface area (Å²) in [6.45, 7) is 6.81. The van der Waals surface area contributed by atoms with Crippen molar-refractivity contribution in [3.63, 3.8) is 0 Å². The van der Waals surface area contributed by atoms with Gasteiger partial charge in [-0.05, 0) is 30.5 Å². The Labute approximate surface area is 117 Å². The summed E-state index contributed by atoms with van der Waals surface area (Å²) < 4.78 is 4.20. The highest BCUT2D eigenvalue weighted by Gasteiger charge is 2.20. The van der Waals surface area contributed by atoms with Gasteiger partial charge in [-0.25, -0.2) is 0 Å². The fraction of sp³-hybridized carbons (Fsp3) is 0.538. The third kappa shape index (κ3) is 4.95. The van der Waals surface area contributed by atoms with Crippen LogP contribution in [0.4, 0.5) is 0 Å². The molecule has 0 saturated heterocycles. The van der Waals surface area contributed by atoms with E-state index in [1.165, 1.54) is 10.4 Å². The second-order valence-electron chi connectivity index (χ2n) is 4.36. The number of alkyl halides is 3. The van der Waals surface area contributed by atoms with E-state index in [0.29, 0.717) is 12.3 Å². The molecule has 0 radical (unpaired) electrons. The Kier molecular flexibility index (Phi) is 5.43. The molecular weight excluding hydrogens is 279 g/mol. The van der Waals surface area contributed by atoms with Crippen molar-refractivity contribution in [2.75, 3.05) is 6.61 Å². The third-order valence-corrected chi connectivity index (χ3v) is 2.70. The number of ether oxygens (including phenoxy) is 1. The van der Waals surface area contributed by atoms with Gasteiger partial charge >= 0.3 is 0 Å². The van der Waals surface area contributed by atoms with Gasteiger partial charge in [0.15, 0.2) is 3.79 Å². The van der Waals surface area contributed by atoms with Crippen LogP contribution in [-0.4, -0.2) is 10.4 Å². The molecule has 0 N–H and O–H groups in total. The lowest BCUT2D eigenvalue weighted by molar-refractivity contribution is 0.334. The van der Waals surface area contributed by atoms with E-state index in [1.807, 2.05) is 20.8 Å². The van der Waals surface area contributed by atoms with Gasteiger partial charge in [-0.1, -0.05) is 60.8 Å². The fourth-order valence-corrected chi connectivity index (χ4v) is 2.42. The molecule has 2 aliphatic carbocycles. The van der Waals surface area contributed by atoms with Crippen molar-refractivity contribution >= 4 is 34.8 Å². The van der Waals surface area contributed by atoms with Crippen LogP contribution in [-0.2, 0) is 0 Å². The Morgan fingerprint density at radius 3 is 2.06 bits per heavy atom. The third-order valence-electron chi connectivity index (χ3n) is 2.23. The lowest BCUT2D eigenvalue weighted by Gasteiger charge is -2.11. The van der Waals surface area contributed by atoms with Gasteiger partial charge < -0.3 is 4.74 Å².